The minimum atomic E-state index is -0.259. The number of rotatable bonds is 1. The van der Waals surface area contributed by atoms with E-state index in [4.69, 9.17) is 17.3 Å². The Hall–Kier alpha value is -0.670. The van der Waals surface area contributed by atoms with Gasteiger partial charge in [-0.3, -0.25) is 0 Å². The molecule has 1 heterocycles. The Kier molecular flexibility index (Phi) is 1.59. The zero-order valence-electron chi connectivity index (χ0n) is 6.84. The van der Waals surface area contributed by atoms with Gasteiger partial charge in [-0.1, -0.05) is 11.6 Å². The van der Waals surface area contributed by atoms with Crippen molar-refractivity contribution in [3.05, 3.63) is 22.7 Å². The van der Waals surface area contributed by atoms with Crippen LogP contribution in [0.2, 0.25) is 5.02 Å². The molecule has 1 aromatic heterocycles. The molecule has 64 valence electrons. The molecule has 1 aromatic rings. The van der Waals surface area contributed by atoms with Crippen molar-refractivity contribution < 1.29 is 0 Å². The van der Waals surface area contributed by atoms with Crippen molar-refractivity contribution in [2.45, 2.75) is 25.3 Å². The summed E-state index contributed by atoms with van der Waals surface area (Å²) >= 11 is 6.01. The van der Waals surface area contributed by atoms with Gasteiger partial charge < -0.3 is 5.73 Å². The van der Waals surface area contributed by atoms with Crippen LogP contribution in [0.5, 0.6) is 0 Å². The highest BCUT2D eigenvalue weighted by Crippen LogP contribution is 2.44. The topological polar surface area (TPSA) is 51.8 Å². The van der Waals surface area contributed by atoms with E-state index in [1.807, 2.05) is 6.92 Å². The monoisotopic (exact) mass is 183 g/mol. The zero-order valence-corrected chi connectivity index (χ0v) is 7.60. The predicted octanol–water partition coefficient (Wildman–Crippen LogP) is 1.39. The molecule has 2 N–H and O–H groups in total. The Morgan fingerprint density at radius 1 is 1.50 bits per heavy atom. The van der Waals surface area contributed by atoms with Gasteiger partial charge in [0.1, 0.15) is 6.33 Å². The smallest absolute Gasteiger partial charge is 0.116 e. The molecule has 2 rings (SSSR count). The van der Waals surface area contributed by atoms with Crippen molar-refractivity contribution >= 4 is 11.6 Å². The van der Waals surface area contributed by atoms with Crippen molar-refractivity contribution in [2.24, 2.45) is 5.73 Å². The Labute approximate surface area is 76.0 Å². The maximum absolute atomic E-state index is 6.01. The lowest BCUT2D eigenvalue weighted by molar-refractivity contribution is 0.701. The molecule has 1 aliphatic rings. The maximum Gasteiger partial charge on any atom is 0.116 e. The van der Waals surface area contributed by atoms with E-state index < -0.39 is 0 Å². The van der Waals surface area contributed by atoms with E-state index in [0.717, 1.165) is 24.2 Å². The second kappa shape index (κ2) is 2.41. The van der Waals surface area contributed by atoms with Crippen LogP contribution in [0.1, 0.15) is 24.2 Å². The lowest BCUT2D eigenvalue weighted by atomic mass is 10.2. The first kappa shape index (κ1) is 7.95. The molecular formula is C8H10ClN3. The number of hydrogen-bond donors (Lipinski definition) is 1. The first-order valence-electron chi connectivity index (χ1n) is 3.90. The summed E-state index contributed by atoms with van der Waals surface area (Å²) in [5.41, 5.74) is 7.31. The van der Waals surface area contributed by atoms with Gasteiger partial charge in [-0.25, -0.2) is 9.97 Å². The maximum atomic E-state index is 6.01. The van der Waals surface area contributed by atoms with Gasteiger partial charge in [-0.2, -0.15) is 0 Å². The number of aryl methyl sites for hydroxylation is 1. The summed E-state index contributed by atoms with van der Waals surface area (Å²) < 4.78 is 0. The van der Waals surface area contributed by atoms with Crippen molar-refractivity contribution in [1.82, 2.24) is 9.97 Å². The summed E-state index contributed by atoms with van der Waals surface area (Å²) in [7, 11) is 0. The van der Waals surface area contributed by atoms with Crippen molar-refractivity contribution in [1.29, 1.82) is 0 Å². The van der Waals surface area contributed by atoms with Crippen LogP contribution in [0.25, 0.3) is 0 Å². The molecule has 1 saturated carbocycles. The van der Waals surface area contributed by atoms with Gasteiger partial charge in [-0.05, 0) is 19.8 Å². The van der Waals surface area contributed by atoms with Gasteiger partial charge in [0.2, 0.25) is 0 Å². The minimum absolute atomic E-state index is 0.259. The first-order valence-corrected chi connectivity index (χ1v) is 4.28. The third-order valence-electron chi connectivity index (χ3n) is 2.22. The molecule has 0 saturated heterocycles. The fourth-order valence-electron chi connectivity index (χ4n) is 1.18. The van der Waals surface area contributed by atoms with Gasteiger partial charge in [0.25, 0.3) is 0 Å². The molecular weight excluding hydrogens is 174 g/mol. The highest BCUT2D eigenvalue weighted by Gasteiger charge is 2.43. The highest BCUT2D eigenvalue weighted by atomic mass is 35.5. The lowest BCUT2D eigenvalue weighted by Gasteiger charge is -2.10. The molecule has 0 aromatic carbocycles. The molecule has 3 nitrogen and oxygen atoms in total. The molecule has 0 atom stereocenters. The fourth-order valence-corrected chi connectivity index (χ4v) is 1.46. The quantitative estimate of drug-likeness (QED) is 0.716. The molecule has 0 aliphatic heterocycles. The van der Waals surface area contributed by atoms with Crippen molar-refractivity contribution in [3.63, 3.8) is 0 Å². The van der Waals surface area contributed by atoms with Gasteiger partial charge in [0, 0.05) is 0 Å². The summed E-state index contributed by atoms with van der Waals surface area (Å²) in [6, 6.07) is 0. The Bertz CT molecular complexity index is 320. The average Bonchev–Trinajstić information content (AvgIpc) is 2.75. The first-order chi connectivity index (χ1) is 5.63. The lowest BCUT2D eigenvalue weighted by Crippen LogP contribution is -2.21. The van der Waals surface area contributed by atoms with E-state index in [1.54, 1.807) is 0 Å². The molecule has 0 bridgehead atoms. The largest absolute Gasteiger partial charge is 0.320 e. The highest BCUT2D eigenvalue weighted by molar-refractivity contribution is 6.31. The summed E-state index contributed by atoms with van der Waals surface area (Å²) in [6.45, 7) is 1.86. The van der Waals surface area contributed by atoms with Crippen LogP contribution in [0.4, 0.5) is 0 Å². The Morgan fingerprint density at radius 3 is 2.75 bits per heavy atom. The molecule has 0 unspecified atom stereocenters. The summed E-state index contributed by atoms with van der Waals surface area (Å²) in [4.78, 5) is 8.09. The van der Waals surface area contributed by atoms with Crippen LogP contribution in [-0.4, -0.2) is 9.97 Å². The van der Waals surface area contributed by atoms with E-state index in [0.29, 0.717) is 5.02 Å². The zero-order chi connectivity index (χ0) is 8.77. The number of hydrogen-bond acceptors (Lipinski definition) is 3. The van der Waals surface area contributed by atoms with Crippen LogP contribution in [-0.2, 0) is 5.54 Å². The van der Waals surface area contributed by atoms with Gasteiger partial charge in [0.15, 0.2) is 0 Å². The van der Waals surface area contributed by atoms with Gasteiger partial charge in [0.05, 0.1) is 21.9 Å². The van der Waals surface area contributed by atoms with Gasteiger partial charge >= 0.3 is 0 Å². The van der Waals surface area contributed by atoms with E-state index in [9.17, 15) is 0 Å². The fraction of sp³-hybridized carbons (Fsp3) is 0.500. The molecule has 0 spiro atoms. The van der Waals surface area contributed by atoms with Crippen LogP contribution >= 0.6 is 11.6 Å². The Morgan fingerprint density at radius 2 is 2.17 bits per heavy atom. The third kappa shape index (κ3) is 1.09. The van der Waals surface area contributed by atoms with Gasteiger partial charge in [-0.15, -0.1) is 0 Å². The average molecular weight is 184 g/mol. The number of nitrogens with two attached hydrogens (primary N) is 1. The summed E-state index contributed by atoms with van der Waals surface area (Å²) in [6.07, 6.45) is 3.47. The molecule has 0 amide bonds. The van der Waals surface area contributed by atoms with E-state index >= 15 is 0 Å². The second-order valence-electron chi connectivity index (χ2n) is 3.28. The minimum Gasteiger partial charge on any atom is -0.320 e. The third-order valence-corrected chi connectivity index (χ3v) is 2.68. The molecule has 4 heteroatoms. The van der Waals surface area contributed by atoms with Crippen LogP contribution in [0.3, 0.4) is 0 Å². The summed E-state index contributed by atoms with van der Waals surface area (Å²) in [5.74, 6) is 0. The molecule has 0 radical (unpaired) electrons. The SMILES string of the molecule is Cc1ncnc(C2(N)CC2)c1Cl. The van der Waals surface area contributed by atoms with Crippen molar-refractivity contribution in [2.75, 3.05) is 0 Å². The van der Waals surface area contributed by atoms with Crippen molar-refractivity contribution in [3.8, 4) is 0 Å². The second-order valence-corrected chi connectivity index (χ2v) is 3.66. The summed E-state index contributed by atoms with van der Waals surface area (Å²) in [5, 5.41) is 0.623. The number of halogens is 1. The van der Waals surface area contributed by atoms with Crippen LogP contribution in [0.15, 0.2) is 6.33 Å². The predicted molar refractivity (Wildman–Crippen MR) is 46.9 cm³/mol. The molecule has 1 fully saturated rings. The van der Waals surface area contributed by atoms with Crippen LogP contribution in [0, 0.1) is 6.92 Å². The van der Waals surface area contributed by atoms with E-state index in [1.165, 1.54) is 6.33 Å². The molecule has 12 heavy (non-hydrogen) atoms. The number of aromatic nitrogens is 2. The standard InChI is InChI=1S/C8H10ClN3/c1-5-6(9)7(12-4-11-5)8(10)2-3-8/h4H,2-3,10H2,1H3. The van der Waals surface area contributed by atoms with E-state index in [-0.39, 0.29) is 5.54 Å². The normalized spacial score (nSPS) is 19.2. The Balaban J connectivity index is 2.51. The number of nitrogens with zero attached hydrogens (tertiary/aromatic N) is 2. The molecule has 1 aliphatic carbocycles. The van der Waals surface area contributed by atoms with Crippen LogP contribution < -0.4 is 5.73 Å². The van der Waals surface area contributed by atoms with E-state index in [2.05, 4.69) is 9.97 Å².